The van der Waals surface area contributed by atoms with E-state index in [9.17, 15) is 0 Å². The average molecular weight is 2030 g/mol. The Morgan fingerprint density at radius 1 is 0.123 bits per heavy atom. The molecule has 0 aliphatic heterocycles. The summed E-state index contributed by atoms with van der Waals surface area (Å²) in [6.45, 7) is 23.2. The number of aryl methyl sites for hydroxylation is 10. The van der Waals surface area contributed by atoms with Gasteiger partial charge in [-0.15, -0.1) is 0 Å². The zero-order valence-corrected chi connectivity index (χ0v) is 79.4. The van der Waals surface area contributed by atoms with Gasteiger partial charge in [-0.3, -0.25) is 0 Å². The van der Waals surface area contributed by atoms with Crippen LogP contribution in [0.5, 0.6) is 0 Å². The van der Waals surface area contributed by atoms with Crippen molar-refractivity contribution in [3.05, 3.63) is 298 Å². The van der Waals surface area contributed by atoms with Crippen molar-refractivity contribution in [2.24, 2.45) is 0 Å². The maximum absolute atomic E-state index is 2.55. The van der Waals surface area contributed by atoms with Crippen molar-refractivity contribution in [2.75, 3.05) is 0 Å². The van der Waals surface area contributed by atoms with Gasteiger partial charge in [-0.1, -0.05) is 0 Å². The normalized spacial score (nSPS) is 11.7. The number of hydrogen-bond donors (Lipinski definition) is 0. The molecule has 10 heteroatoms. The van der Waals surface area contributed by atoms with E-state index in [-0.39, 0.29) is 150 Å². The number of hydrogen-bond acceptors (Lipinski definition) is 0. The molecular weight excluding hydrogens is 1940 g/mol. The van der Waals surface area contributed by atoms with Crippen LogP contribution >= 0.6 is 0 Å². The molecule has 0 unspecified atom stereocenters. The molecule has 0 spiro atoms. The predicted octanol–water partition coefficient (Wildman–Crippen LogP) is 6.76. The van der Waals surface area contributed by atoms with Gasteiger partial charge in [-0.05, 0) is 0 Å². The summed E-state index contributed by atoms with van der Waals surface area (Å²) in [4.78, 5) is 0. The zero-order chi connectivity index (χ0) is 73.2. The Labute approximate surface area is 694 Å². The summed E-state index contributed by atoms with van der Waals surface area (Å²) < 4.78 is 31.1. The Bertz CT molecular complexity index is 4690. The summed E-state index contributed by atoms with van der Waals surface area (Å²) >= 11 is -0.813. The molecule has 106 heavy (non-hydrogen) atoms. The van der Waals surface area contributed by atoms with Crippen LogP contribution in [0.2, 0.25) is 0 Å². The summed E-state index contributed by atoms with van der Waals surface area (Å²) in [7, 11) is 0. The summed E-state index contributed by atoms with van der Waals surface area (Å²) in [5.41, 5.74) is 14.0. The Kier molecular flexibility index (Phi) is 27.3. The Morgan fingerprint density at radius 3 is 0.321 bits per heavy atom. The second-order valence-electron chi connectivity index (χ2n) is 26.5. The third-order valence-corrected chi connectivity index (χ3v) is 47.3. The first kappa shape index (κ1) is 78.0. The second kappa shape index (κ2) is 37.1. The van der Waals surface area contributed by atoms with Gasteiger partial charge in [-0.25, -0.2) is 0 Å². The molecular formula is C96H90Se10. The van der Waals surface area contributed by atoms with Gasteiger partial charge in [-0.2, -0.15) is 0 Å². The van der Waals surface area contributed by atoms with E-state index in [2.05, 4.69) is 312 Å². The molecule has 0 heterocycles. The van der Waals surface area contributed by atoms with Gasteiger partial charge in [0.15, 0.2) is 0 Å². The van der Waals surface area contributed by atoms with Crippen LogP contribution in [0.15, 0.2) is 243 Å². The third-order valence-electron chi connectivity index (χ3n) is 19.8. The van der Waals surface area contributed by atoms with E-state index in [1.54, 1.807) is 76.9 Å². The van der Waals surface area contributed by atoms with Crippen molar-refractivity contribution in [1.82, 2.24) is 0 Å². The average Bonchev–Trinajstić information content (AvgIpc) is 0.676. The van der Waals surface area contributed by atoms with Crippen LogP contribution in [0.25, 0.3) is 32.3 Å². The van der Waals surface area contributed by atoms with Gasteiger partial charge in [0.05, 0.1) is 0 Å². The first-order chi connectivity index (χ1) is 52.0. The van der Waals surface area contributed by atoms with E-state index < -0.39 is 0 Å². The van der Waals surface area contributed by atoms with Gasteiger partial charge < -0.3 is 0 Å². The maximum atomic E-state index is 2.55. The van der Waals surface area contributed by atoms with Crippen LogP contribution in [-0.2, 0) is 64.2 Å². The molecule has 0 saturated heterocycles. The summed E-state index contributed by atoms with van der Waals surface area (Å²) in [5, 5.41) is 9.59. The fourth-order valence-corrected chi connectivity index (χ4v) is 41.4. The standard InChI is InChI=1S/C96H90Se10/c1-11-61-21-41-71(42-22-61)97-87-83-81-82-84(88(87)98-72-43-23-62(12-2)24-44-72)92(102-76-51-31-66(16-6)32-52-76)96(106-80-59-39-70(20-10)40-60-80)94(104-78-55-35-68(18-8)36-56-78)86(82)90(100-74-47-27-64(14-4)28-48-74)89(99-73-45-25-63(13-3)26-46-73)85(81)93(103-77-53-33-67(17-7)34-54-77)95(105-79-57-37-69(19-9)38-58-79)91(83)101-75-49-29-65(15-5)30-50-75/h21-60H,11-20H2,1-10H3. The van der Waals surface area contributed by atoms with Crippen molar-refractivity contribution in [3.8, 4) is 0 Å². The van der Waals surface area contributed by atoms with E-state index >= 15 is 0 Å². The molecule has 0 bridgehead atoms. The van der Waals surface area contributed by atoms with E-state index in [0.717, 1.165) is 64.2 Å². The van der Waals surface area contributed by atoms with Gasteiger partial charge in [0, 0.05) is 0 Å². The molecule has 0 aliphatic rings. The molecule has 0 fully saturated rings. The first-order valence-corrected chi connectivity index (χ1v) is 54.8. The molecule has 0 aliphatic carbocycles. The van der Waals surface area contributed by atoms with Crippen molar-refractivity contribution < 1.29 is 0 Å². The van der Waals surface area contributed by atoms with E-state index in [4.69, 9.17) is 0 Å². The summed E-state index contributed by atoms with van der Waals surface area (Å²) in [6.07, 6.45) is 10.2. The van der Waals surface area contributed by atoms with Crippen LogP contribution in [0.4, 0.5) is 0 Å². The molecule has 0 amide bonds. The van der Waals surface area contributed by atoms with Crippen LogP contribution < -0.4 is 89.2 Å². The van der Waals surface area contributed by atoms with Crippen LogP contribution in [-0.4, -0.2) is 150 Å². The minimum atomic E-state index is -0.0981. The quantitative estimate of drug-likeness (QED) is 0.0346. The molecule has 0 nitrogen and oxygen atoms in total. The molecule has 0 radical (unpaired) electrons. The van der Waals surface area contributed by atoms with Gasteiger partial charge in [0.25, 0.3) is 0 Å². The fraction of sp³-hybridized carbons (Fsp3) is 0.208. The van der Waals surface area contributed by atoms with Crippen LogP contribution in [0, 0.1) is 0 Å². The predicted molar refractivity (Wildman–Crippen MR) is 479 cm³/mol. The SMILES string of the molecule is CCc1ccc([Se]c2c([Se]c3ccc(CC)cc3)c3c([Se]c4ccc(CC)cc4)c([Se]c4ccc(CC)cc4)c4c([Se]c5ccc(CC)cc5)c([Se]c5ccc(CC)cc5)c([Se]c5ccc(CC)cc5)c5c([Se]c6ccc(CC)cc6)c([Se]c6ccc(CC)cc6)c(c2[Se]c2ccc(CC)cc2)c3c45)cc1. The fourth-order valence-electron chi connectivity index (χ4n) is 13.3. The summed E-state index contributed by atoms with van der Waals surface area (Å²) in [6, 6.07) is 100. The molecule has 0 aromatic heterocycles. The molecule has 0 N–H and O–H groups in total. The van der Waals surface area contributed by atoms with Gasteiger partial charge in [0.1, 0.15) is 0 Å². The second-order valence-corrected chi connectivity index (χ2v) is 49.3. The number of rotatable bonds is 30. The molecule has 0 atom stereocenters. The molecule has 14 aromatic rings. The van der Waals surface area contributed by atoms with Crippen molar-refractivity contribution in [2.45, 2.75) is 133 Å². The van der Waals surface area contributed by atoms with Crippen molar-refractivity contribution in [3.63, 3.8) is 0 Å². The van der Waals surface area contributed by atoms with E-state index in [1.807, 2.05) is 0 Å². The Hall–Kier alpha value is -4.69. The first-order valence-electron chi connectivity index (χ1n) is 37.7. The zero-order valence-electron chi connectivity index (χ0n) is 62.2. The van der Waals surface area contributed by atoms with Crippen LogP contribution in [0.3, 0.4) is 0 Å². The minimum absolute atomic E-state index is 0.0544. The Morgan fingerprint density at radius 2 is 0.217 bits per heavy atom. The van der Waals surface area contributed by atoms with Crippen LogP contribution in [0.1, 0.15) is 125 Å². The molecule has 534 valence electrons. The third kappa shape index (κ3) is 17.9. The monoisotopic (exact) mass is 2040 g/mol. The van der Waals surface area contributed by atoms with Crippen molar-refractivity contribution >= 4 is 271 Å². The Balaban J connectivity index is 1.31. The van der Waals surface area contributed by atoms with E-state index in [0.29, 0.717) is 0 Å². The molecule has 14 aromatic carbocycles. The topological polar surface area (TPSA) is 0 Å². The number of benzene rings is 14. The molecule has 0 saturated carbocycles. The van der Waals surface area contributed by atoms with Crippen molar-refractivity contribution in [1.29, 1.82) is 0 Å². The van der Waals surface area contributed by atoms with E-state index in [1.165, 1.54) is 100 Å². The molecule has 14 rings (SSSR count). The van der Waals surface area contributed by atoms with Gasteiger partial charge in [0.2, 0.25) is 0 Å². The van der Waals surface area contributed by atoms with Gasteiger partial charge >= 0.3 is 703 Å². The summed E-state index contributed by atoms with van der Waals surface area (Å²) in [5.74, 6) is 0.